The van der Waals surface area contributed by atoms with Crippen molar-refractivity contribution in [1.29, 1.82) is 0 Å². The van der Waals surface area contributed by atoms with E-state index < -0.39 is 6.10 Å². The standard InChI is InChI=1S/C73H114O6/c1-4-7-10-13-16-19-22-25-27-29-31-33-34-35-36-37-38-40-41-43-45-48-51-54-57-60-63-66-72(75)78-69-70(68-77-71(74)65-62-59-56-53-50-47-24-21-18-15-12-9-6-3)79-73(76)67-64-61-58-55-52-49-46-44-42-39-32-30-28-26-23-20-17-14-11-8-5-2/h7-12,16-21,25-28,31-33,35-36,38-40,44,46-47,50,70H,4-6,13-15,22-24,29-30,34,37,41-43,45,48-49,51-69H2,1-3H3/b10-7-,11-8-,12-9-,19-16-,20-17-,21-18-,27-25-,28-26-,33-31-,36-35-,39-32-,40-38-,46-44-,50-47-. The van der Waals surface area contributed by atoms with Gasteiger partial charge in [-0.05, 0) is 148 Å². The summed E-state index contributed by atoms with van der Waals surface area (Å²) < 4.78 is 16.9. The highest BCUT2D eigenvalue weighted by Crippen LogP contribution is 2.14. The Morgan fingerprint density at radius 3 is 0.722 bits per heavy atom. The predicted octanol–water partition coefficient (Wildman–Crippen LogP) is 21.9. The fourth-order valence-electron chi connectivity index (χ4n) is 8.07. The lowest BCUT2D eigenvalue weighted by molar-refractivity contribution is -0.167. The molecule has 0 bridgehead atoms. The zero-order valence-corrected chi connectivity index (χ0v) is 50.6. The second-order valence-corrected chi connectivity index (χ2v) is 20.2. The van der Waals surface area contributed by atoms with Crippen molar-refractivity contribution in [3.8, 4) is 0 Å². The van der Waals surface area contributed by atoms with Crippen molar-refractivity contribution in [1.82, 2.24) is 0 Å². The van der Waals surface area contributed by atoms with Crippen molar-refractivity contribution in [3.05, 3.63) is 170 Å². The molecule has 0 saturated carbocycles. The van der Waals surface area contributed by atoms with Crippen LogP contribution in [0.2, 0.25) is 0 Å². The lowest BCUT2D eigenvalue weighted by Crippen LogP contribution is -2.30. The van der Waals surface area contributed by atoms with Crippen LogP contribution in [0.15, 0.2) is 170 Å². The van der Waals surface area contributed by atoms with Crippen LogP contribution in [0.4, 0.5) is 0 Å². The van der Waals surface area contributed by atoms with Gasteiger partial charge in [-0.3, -0.25) is 14.4 Å². The number of esters is 3. The molecule has 79 heavy (non-hydrogen) atoms. The van der Waals surface area contributed by atoms with Crippen LogP contribution >= 0.6 is 0 Å². The molecule has 0 fully saturated rings. The molecule has 0 amide bonds. The fourth-order valence-corrected chi connectivity index (χ4v) is 8.07. The summed E-state index contributed by atoms with van der Waals surface area (Å²) >= 11 is 0. The van der Waals surface area contributed by atoms with Crippen LogP contribution in [0.5, 0.6) is 0 Å². The highest BCUT2D eigenvalue weighted by atomic mass is 16.6. The van der Waals surface area contributed by atoms with Crippen LogP contribution in [0, 0.1) is 0 Å². The Morgan fingerprint density at radius 1 is 0.253 bits per heavy atom. The van der Waals surface area contributed by atoms with Crippen molar-refractivity contribution >= 4 is 17.9 Å². The number of hydrogen-bond donors (Lipinski definition) is 0. The van der Waals surface area contributed by atoms with Gasteiger partial charge in [-0.1, -0.05) is 255 Å². The van der Waals surface area contributed by atoms with Crippen LogP contribution in [0.25, 0.3) is 0 Å². The monoisotopic (exact) mass is 1090 g/mol. The number of allylic oxidation sites excluding steroid dienone is 28. The molecule has 0 heterocycles. The summed E-state index contributed by atoms with van der Waals surface area (Å²) in [5.74, 6) is -0.971. The first-order chi connectivity index (χ1) is 39.0. The van der Waals surface area contributed by atoms with Crippen molar-refractivity contribution < 1.29 is 28.6 Å². The van der Waals surface area contributed by atoms with Gasteiger partial charge in [-0.25, -0.2) is 0 Å². The van der Waals surface area contributed by atoms with Gasteiger partial charge in [0.25, 0.3) is 0 Å². The minimum atomic E-state index is -0.815. The van der Waals surface area contributed by atoms with Crippen molar-refractivity contribution in [3.63, 3.8) is 0 Å². The minimum Gasteiger partial charge on any atom is -0.462 e. The van der Waals surface area contributed by atoms with Crippen LogP contribution in [-0.4, -0.2) is 37.2 Å². The van der Waals surface area contributed by atoms with Gasteiger partial charge in [0.1, 0.15) is 13.2 Å². The average molecular weight is 1090 g/mol. The molecule has 1 unspecified atom stereocenters. The summed E-state index contributed by atoms with van der Waals surface area (Å²) in [5, 5.41) is 0. The van der Waals surface area contributed by atoms with E-state index in [2.05, 4.69) is 191 Å². The van der Waals surface area contributed by atoms with Crippen LogP contribution in [0.3, 0.4) is 0 Å². The number of carbonyl (C=O) groups is 3. The Morgan fingerprint density at radius 2 is 0.456 bits per heavy atom. The number of carbonyl (C=O) groups excluding carboxylic acids is 3. The SMILES string of the molecule is CC/C=C\C/C=C\C/C=C\C/C=C\C/C=C\C/C=C\CCCCCCCCCCC(=O)OCC(COC(=O)CCCCC/C=C\C/C=C\C/C=C\CC)OC(=O)CCCCCCC/C=C\C/C=C\C/C=C\C/C=C\C/C=C\CC. The first-order valence-corrected chi connectivity index (χ1v) is 31.6. The normalized spacial score (nSPS) is 13.3. The Labute approximate surface area is 485 Å². The molecule has 0 saturated heterocycles. The van der Waals surface area contributed by atoms with Crippen LogP contribution in [0.1, 0.15) is 252 Å². The summed E-state index contributed by atoms with van der Waals surface area (Å²) in [6.07, 6.45) is 96.4. The lowest BCUT2D eigenvalue weighted by atomic mass is 10.1. The Hall–Kier alpha value is -5.23. The molecule has 0 aromatic rings. The molecule has 0 aliphatic heterocycles. The van der Waals surface area contributed by atoms with Gasteiger partial charge in [-0.15, -0.1) is 0 Å². The smallest absolute Gasteiger partial charge is 0.306 e. The summed E-state index contributed by atoms with van der Waals surface area (Å²) in [6, 6.07) is 0. The van der Waals surface area contributed by atoms with E-state index in [9.17, 15) is 14.4 Å². The molecular weight excluding hydrogens is 973 g/mol. The molecule has 1 atom stereocenters. The Bertz CT molecular complexity index is 1820. The predicted molar refractivity (Wildman–Crippen MR) is 343 cm³/mol. The van der Waals surface area contributed by atoms with E-state index in [-0.39, 0.29) is 37.5 Å². The van der Waals surface area contributed by atoms with Gasteiger partial charge >= 0.3 is 17.9 Å². The van der Waals surface area contributed by atoms with E-state index in [1.54, 1.807) is 0 Å². The molecule has 0 aromatic heterocycles. The topological polar surface area (TPSA) is 78.9 Å². The van der Waals surface area contributed by atoms with Crippen LogP contribution in [-0.2, 0) is 28.6 Å². The molecular formula is C73H114O6. The molecule has 0 N–H and O–H groups in total. The molecule has 6 nitrogen and oxygen atoms in total. The molecule has 0 spiro atoms. The maximum Gasteiger partial charge on any atom is 0.306 e. The average Bonchev–Trinajstić information content (AvgIpc) is 3.45. The van der Waals surface area contributed by atoms with E-state index in [1.807, 2.05) is 0 Å². The van der Waals surface area contributed by atoms with Gasteiger partial charge in [0.15, 0.2) is 6.10 Å². The quantitative estimate of drug-likeness (QED) is 0.0261. The van der Waals surface area contributed by atoms with E-state index in [4.69, 9.17) is 14.2 Å². The van der Waals surface area contributed by atoms with Gasteiger partial charge in [0, 0.05) is 19.3 Å². The highest BCUT2D eigenvalue weighted by molar-refractivity contribution is 5.71. The number of hydrogen-bond acceptors (Lipinski definition) is 6. The van der Waals surface area contributed by atoms with Crippen LogP contribution < -0.4 is 0 Å². The second kappa shape index (κ2) is 65.3. The second-order valence-electron chi connectivity index (χ2n) is 20.2. The third-order valence-corrected chi connectivity index (χ3v) is 12.7. The number of ether oxygens (including phenoxy) is 3. The first-order valence-electron chi connectivity index (χ1n) is 31.6. The summed E-state index contributed by atoms with van der Waals surface area (Å²) in [6.45, 7) is 6.24. The molecule has 0 aliphatic rings. The van der Waals surface area contributed by atoms with E-state index in [0.717, 1.165) is 180 Å². The summed E-state index contributed by atoms with van der Waals surface area (Å²) in [4.78, 5) is 38.3. The van der Waals surface area contributed by atoms with Gasteiger partial charge < -0.3 is 14.2 Å². The maximum absolute atomic E-state index is 12.9. The van der Waals surface area contributed by atoms with Gasteiger partial charge in [0.2, 0.25) is 0 Å². The summed E-state index contributed by atoms with van der Waals surface area (Å²) in [7, 11) is 0. The molecule has 0 rings (SSSR count). The molecule has 0 aromatic carbocycles. The molecule has 6 heteroatoms. The third kappa shape index (κ3) is 63.5. The van der Waals surface area contributed by atoms with E-state index in [0.29, 0.717) is 12.8 Å². The molecule has 442 valence electrons. The van der Waals surface area contributed by atoms with Gasteiger partial charge in [-0.2, -0.15) is 0 Å². The van der Waals surface area contributed by atoms with Crippen molar-refractivity contribution in [2.75, 3.05) is 13.2 Å². The van der Waals surface area contributed by atoms with Crippen molar-refractivity contribution in [2.45, 2.75) is 258 Å². The fraction of sp³-hybridized carbons (Fsp3) is 0.575. The van der Waals surface area contributed by atoms with E-state index >= 15 is 0 Å². The zero-order valence-electron chi connectivity index (χ0n) is 50.6. The first kappa shape index (κ1) is 73.8. The summed E-state index contributed by atoms with van der Waals surface area (Å²) in [5.41, 5.74) is 0. The Balaban J connectivity index is 4.43. The lowest BCUT2D eigenvalue weighted by Gasteiger charge is -2.18. The zero-order chi connectivity index (χ0) is 57.1. The maximum atomic E-state index is 12.9. The third-order valence-electron chi connectivity index (χ3n) is 12.7. The number of unbranched alkanes of at least 4 members (excludes halogenated alkanes) is 16. The molecule has 0 radical (unpaired) electrons. The largest absolute Gasteiger partial charge is 0.462 e. The molecule has 0 aliphatic carbocycles. The van der Waals surface area contributed by atoms with Crippen molar-refractivity contribution in [2.24, 2.45) is 0 Å². The minimum absolute atomic E-state index is 0.108. The Kier molecular flexibility index (Phi) is 61.0. The highest BCUT2D eigenvalue weighted by Gasteiger charge is 2.19. The number of rotatable bonds is 55. The van der Waals surface area contributed by atoms with Gasteiger partial charge in [0.05, 0.1) is 0 Å². The van der Waals surface area contributed by atoms with E-state index in [1.165, 1.54) is 32.1 Å².